The lowest BCUT2D eigenvalue weighted by Crippen LogP contribution is -2.29. The van der Waals surface area contributed by atoms with Crippen molar-refractivity contribution in [2.24, 2.45) is 21.5 Å². The third kappa shape index (κ3) is 6.18. The van der Waals surface area contributed by atoms with Crippen molar-refractivity contribution in [3.05, 3.63) is 0 Å². The number of hydrogen-bond acceptors (Lipinski definition) is 4. The molecule has 2 atom stereocenters. The SMILES string of the molecule is CC1CC(N=C=NOOC(C)(C)C)CC(C)(C)C1. The molecule has 4 heteroatoms. The van der Waals surface area contributed by atoms with Crippen LogP contribution in [0, 0.1) is 11.3 Å². The molecule has 1 saturated carbocycles. The molecule has 1 rings (SSSR count). The van der Waals surface area contributed by atoms with Crippen molar-refractivity contribution < 1.29 is 9.88 Å². The second kappa shape index (κ2) is 5.85. The fourth-order valence-corrected chi connectivity index (χ4v) is 2.65. The van der Waals surface area contributed by atoms with Gasteiger partial charge >= 0.3 is 0 Å². The highest BCUT2D eigenvalue weighted by atomic mass is 17.3. The number of nitrogens with zero attached hydrogens (tertiary/aromatic N) is 2. The first-order valence-electron chi connectivity index (χ1n) is 6.68. The molecular formula is C14H26N2O2. The van der Waals surface area contributed by atoms with Crippen molar-refractivity contribution in [1.29, 1.82) is 0 Å². The Morgan fingerprint density at radius 2 is 1.89 bits per heavy atom. The Hall–Kier alpha value is -0.860. The minimum absolute atomic E-state index is 0.297. The molecule has 0 aromatic rings. The fourth-order valence-electron chi connectivity index (χ4n) is 2.65. The zero-order valence-electron chi connectivity index (χ0n) is 12.5. The summed E-state index contributed by atoms with van der Waals surface area (Å²) in [6, 6.07) is 2.89. The van der Waals surface area contributed by atoms with Crippen LogP contribution < -0.4 is 0 Å². The van der Waals surface area contributed by atoms with Gasteiger partial charge in [0, 0.05) is 5.16 Å². The van der Waals surface area contributed by atoms with Crippen molar-refractivity contribution in [2.75, 3.05) is 0 Å². The molecule has 0 aliphatic heterocycles. The van der Waals surface area contributed by atoms with Crippen LogP contribution in [0.2, 0.25) is 0 Å². The van der Waals surface area contributed by atoms with E-state index in [1.54, 1.807) is 0 Å². The van der Waals surface area contributed by atoms with Gasteiger partial charge in [0.15, 0.2) is 0 Å². The van der Waals surface area contributed by atoms with Gasteiger partial charge < -0.3 is 0 Å². The molecule has 1 aliphatic rings. The normalized spacial score (nSPS) is 27.2. The van der Waals surface area contributed by atoms with E-state index < -0.39 is 0 Å². The zero-order chi connectivity index (χ0) is 13.8. The minimum atomic E-state index is -0.369. The van der Waals surface area contributed by atoms with Gasteiger partial charge in [-0.05, 0) is 51.4 Å². The first kappa shape index (κ1) is 15.2. The Kier molecular flexibility index (Phi) is 4.94. The molecule has 0 spiro atoms. The van der Waals surface area contributed by atoms with Crippen molar-refractivity contribution in [2.45, 2.75) is 72.4 Å². The molecule has 0 aromatic carbocycles. The van der Waals surface area contributed by atoms with Crippen LogP contribution in [0.5, 0.6) is 0 Å². The van der Waals surface area contributed by atoms with Crippen LogP contribution in [-0.2, 0) is 9.88 Å². The highest BCUT2D eigenvalue weighted by Gasteiger charge is 2.31. The van der Waals surface area contributed by atoms with Crippen LogP contribution in [0.1, 0.15) is 60.8 Å². The summed E-state index contributed by atoms with van der Waals surface area (Å²) in [6.45, 7) is 12.5. The van der Waals surface area contributed by atoms with E-state index in [0.29, 0.717) is 17.4 Å². The molecule has 0 amide bonds. The first-order chi connectivity index (χ1) is 8.18. The Bertz CT molecular complexity index is 325. The molecule has 18 heavy (non-hydrogen) atoms. The monoisotopic (exact) mass is 254 g/mol. The molecule has 0 aromatic heterocycles. The van der Waals surface area contributed by atoms with Gasteiger partial charge in [-0.3, -0.25) is 0 Å². The van der Waals surface area contributed by atoms with Crippen LogP contribution in [0.4, 0.5) is 0 Å². The highest BCUT2D eigenvalue weighted by molar-refractivity contribution is 5.40. The summed E-state index contributed by atoms with van der Waals surface area (Å²) in [4.78, 5) is 14.0. The van der Waals surface area contributed by atoms with E-state index in [-0.39, 0.29) is 5.60 Å². The van der Waals surface area contributed by atoms with Gasteiger partial charge in [-0.1, -0.05) is 20.8 Å². The summed E-state index contributed by atoms with van der Waals surface area (Å²) in [5, 5.41) is 3.58. The summed E-state index contributed by atoms with van der Waals surface area (Å²) in [5.41, 5.74) is -0.0111. The first-order valence-corrected chi connectivity index (χ1v) is 6.68. The van der Waals surface area contributed by atoms with Gasteiger partial charge in [-0.25, -0.2) is 9.98 Å². The van der Waals surface area contributed by atoms with Gasteiger partial charge in [0.2, 0.25) is 0 Å². The van der Waals surface area contributed by atoms with E-state index in [2.05, 4.69) is 41.9 Å². The van der Waals surface area contributed by atoms with E-state index in [1.165, 1.54) is 6.42 Å². The second-order valence-electron chi connectivity index (χ2n) is 7.16. The predicted molar refractivity (Wildman–Crippen MR) is 72.4 cm³/mol. The number of rotatable bonds is 3. The summed E-state index contributed by atoms with van der Waals surface area (Å²) in [6.07, 6.45) is 3.45. The van der Waals surface area contributed by atoms with Crippen molar-refractivity contribution in [1.82, 2.24) is 0 Å². The lowest BCUT2D eigenvalue weighted by molar-refractivity contribution is -0.349. The van der Waals surface area contributed by atoms with Gasteiger partial charge in [-0.15, -0.1) is 0 Å². The van der Waals surface area contributed by atoms with E-state index in [0.717, 1.165) is 12.8 Å². The van der Waals surface area contributed by atoms with E-state index in [4.69, 9.17) is 4.89 Å². The fraction of sp³-hybridized carbons (Fsp3) is 0.929. The maximum Gasteiger partial charge on any atom is 0.139 e. The van der Waals surface area contributed by atoms with Gasteiger partial charge in [-0.2, -0.15) is 4.89 Å². The molecule has 0 heterocycles. The van der Waals surface area contributed by atoms with E-state index >= 15 is 0 Å². The summed E-state index contributed by atoms with van der Waals surface area (Å²) in [7, 11) is 0. The molecule has 2 unspecified atom stereocenters. The largest absolute Gasteiger partial charge is 0.219 e. The highest BCUT2D eigenvalue weighted by Crippen LogP contribution is 2.39. The summed E-state index contributed by atoms with van der Waals surface area (Å²) < 4.78 is 0. The van der Waals surface area contributed by atoms with E-state index in [9.17, 15) is 0 Å². The van der Waals surface area contributed by atoms with Crippen LogP contribution in [-0.4, -0.2) is 17.7 Å². The van der Waals surface area contributed by atoms with Gasteiger partial charge in [0.25, 0.3) is 0 Å². The Morgan fingerprint density at radius 3 is 2.44 bits per heavy atom. The molecule has 0 radical (unpaired) electrons. The van der Waals surface area contributed by atoms with Gasteiger partial charge in [0.1, 0.15) is 11.6 Å². The predicted octanol–water partition coefficient (Wildman–Crippen LogP) is 4.04. The Labute approximate surface area is 110 Å². The molecule has 4 nitrogen and oxygen atoms in total. The average molecular weight is 254 g/mol. The molecule has 0 saturated heterocycles. The van der Waals surface area contributed by atoms with Crippen LogP contribution in [0.25, 0.3) is 0 Å². The number of hydrogen-bond donors (Lipinski definition) is 0. The molecular weight excluding hydrogens is 228 g/mol. The third-order valence-corrected chi connectivity index (χ3v) is 2.97. The maximum absolute atomic E-state index is 4.99. The second-order valence-corrected chi connectivity index (χ2v) is 7.16. The van der Waals surface area contributed by atoms with Crippen molar-refractivity contribution in [3.63, 3.8) is 0 Å². The standard InChI is InChI=1S/C14H26N2O2/c1-11-7-12(9-14(5,6)8-11)15-10-16-18-17-13(2,3)4/h11-12H,7-9H2,1-6H3. The quantitative estimate of drug-likeness (QED) is 0.433. The molecule has 104 valence electrons. The van der Waals surface area contributed by atoms with Crippen LogP contribution in [0.3, 0.4) is 0 Å². The molecule has 0 N–H and O–H groups in total. The summed E-state index contributed by atoms with van der Waals surface area (Å²) >= 11 is 0. The molecule has 1 aliphatic carbocycles. The van der Waals surface area contributed by atoms with E-state index in [1.807, 2.05) is 20.8 Å². The smallest absolute Gasteiger partial charge is 0.139 e. The van der Waals surface area contributed by atoms with Crippen molar-refractivity contribution >= 4 is 6.01 Å². The number of aliphatic imine (C=N–C) groups is 1. The Balaban J connectivity index is 2.44. The lowest BCUT2D eigenvalue weighted by Gasteiger charge is -2.36. The molecule has 0 bridgehead atoms. The molecule has 1 fully saturated rings. The minimum Gasteiger partial charge on any atom is -0.219 e. The third-order valence-electron chi connectivity index (χ3n) is 2.97. The summed E-state index contributed by atoms with van der Waals surface area (Å²) in [5.74, 6) is 0.705. The van der Waals surface area contributed by atoms with Gasteiger partial charge in [0.05, 0.1) is 6.04 Å². The van der Waals surface area contributed by atoms with Crippen LogP contribution >= 0.6 is 0 Å². The maximum atomic E-state index is 4.99. The average Bonchev–Trinajstić information content (AvgIpc) is 2.11. The topological polar surface area (TPSA) is 43.2 Å². The Morgan fingerprint density at radius 1 is 1.22 bits per heavy atom. The lowest BCUT2D eigenvalue weighted by atomic mass is 9.71. The van der Waals surface area contributed by atoms with Crippen LogP contribution in [0.15, 0.2) is 10.1 Å². The zero-order valence-corrected chi connectivity index (χ0v) is 12.5. The van der Waals surface area contributed by atoms with Crippen molar-refractivity contribution in [3.8, 4) is 0 Å².